The first kappa shape index (κ1) is 10.0. The van der Waals surface area contributed by atoms with Gasteiger partial charge in [0.25, 0.3) is 0 Å². The molecule has 0 saturated carbocycles. The maximum Gasteiger partial charge on any atom is 0.237 e. The number of β-amino-alcohol motifs (C(OH)–C–C–N with tert-alkyl or cyclic N) is 1. The van der Waals surface area contributed by atoms with E-state index >= 15 is 0 Å². The summed E-state index contributed by atoms with van der Waals surface area (Å²) in [6.07, 6.45) is 1.06. The van der Waals surface area contributed by atoms with E-state index in [2.05, 4.69) is 0 Å². The molecule has 13 heavy (non-hydrogen) atoms. The van der Waals surface area contributed by atoms with Crippen LogP contribution in [0.5, 0.6) is 0 Å². The Labute approximate surface area is 77.8 Å². The molecular formula is C9H14N2O2. The van der Waals surface area contributed by atoms with Crippen molar-refractivity contribution in [2.45, 2.75) is 38.3 Å². The van der Waals surface area contributed by atoms with Gasteiger partial charge in [0.1, 0.15) is 6.42 Å². The summed E-state index contributed by atoms with van der Waals surface area (Å²) in [5, 5.41) is 17.7. The molecule has 0 aliphatic carbocycles. The van der Waals surface area contributed by atoms with Crippen LogP contribution in [0.3, 0.4) is 0 Å². The molecule has 0 bridgehead atoms. The van der Waals surface area contributed by atoms with Crippen molar-refractivity contribution >= 4 is 5.91 Å². The van der Waals surface area contributed by atoms with Crippen molar-refractivity contribution < 1.29 is 9.90 Å². The number of aliphatic hydroxyl groups is 1. The molecule has 0 aromatic heterocycles. The van der Waals surface area contributed by atoms with Gasteiger partial charge < -0.3 is 10.0 Å². The number of likely N-dealkylation sites (tertiary alicyclic amines) is 1. The Morgan fingerprint density at radius 3 is 3.00 bits per heavy atom. The minimum atomic E-state index is -0.418. The van der Waals surface area contributed by atoms with E-state index < -0.39 is 6.10 Å². The van der Waals surface area contributed by atoms with Crippen molar-refractivity contribution in [1.29, 1.82) is 5.26 Å². The number of amides is 1. The lowest BCUT2D eigenvalue weighted by atomic mass is 10.0. The van der Waals surface area contributed by atoms with Crippen LogP contribution in [0.1, 0.15) is 26.2 Å². The summed E-state index contributed by atoms with van der Waals surface area (Å²) < 4.78 is 0. The second kappa shape index (κ2) is 4.24. The minimum absolute atomic E-state index is 0.0863. The number of nitrogens with zero attached hydrogens (tertiary/aromatic N) is 2. The standard InChI is InChI=1S/C9H14N2O2/c1-7-2-3-8(12)6-11(7)9(13)4-5-10/h7-8,12H,2-4,6H2,1H3/t7-,8-/m1/s1. The predicted octanol–water partition coefficient (Wildman–Crippen LogP) is 0.272. The Morgan fingerprint density at radius 1 is 1.69 bits per heavy atom. The topological polar surface area (TPSA) is 64.3 Å². The number of hydrogen-bond donors (Lipinski definition) is 1. The lowest BCUT2D eigenvalue weighted by molar-refractivity contribution is -0.136. The first-order valence-electron chi connectivity index (χ1n) is 4.49. The van der Waals surface area contributed by atoms with Gasteiger partial charge in [0.15, 0.2) is 0 Å². The van der Waals surface area contributed by atoms with Crippen LogP contribution in [0.25, 0.3) is 0 Å². The molecule has 0 aromatic carbocycles. The van der Waals surface area contributed by atoms with E-state index in [1.54, 1.807) is 4.90 Å². The van der Waals surface area contributed by atoms with Gasteiger partial charge >= 0.3 is 0 Å². The highest BCUT2D eigenvalue weighted by molar-refractivity contribution is 5.78. The molecule has 1 aliphatic rings. The number of carbonyl (C=O) groups excluding carboxylic acids is 1. The number of aliphatic hydroxyl groups excluding tert-OH is 1. The van der Waals surface area contributed by atoms with Crippen LogP contribution in [0.15, 0.2) is 0 Å². The predicted molar refractivity (Wildman–Crippen MR) is 46.6 cm³/mol. The molecule has 72 valence electrons. The molecule has 1 rings (SSSR count). The summed E-state index contributed by atoms with van der Waals surface area (Å²) in [5.74, 6) is -0.172. The summed E-state index contributed by atoms with van der Waals surface area (Å²) in [6, 6.07) is 1.98. The molecule has 0 aromatic rings. The Morgan fingerprint density at radius 2 is 2.38 bits per heavy atom. The fraction of sp³-hybridized carbons (Fsp3) is 0.778. The third kappa shape index (κ3) is 2.43. The Hall–Kier alpha value is -1.08. The van der Waals surface area contributed by atoms with Crippen LogP contribution >= 0.6 is 0 Å². The molecule has 1 fully saturated rings. The average Bonchev–Trinajstić information content (AvgIpc) is 2.09. The zero-order chi connectivity index (χ0) is 9.84. The van der Waals surface area contributed by atoms with Crippen LogP contribution in [0, 0.1) is 11.3 Å². The molecular weight excluding hydrogens is 168 g/mol. The largest absolute Gasteiger partial charge is 0.391 e. The van der Waals surface area contributed by atoms with Crippen LogP contribution in [-0.2, 0) is 4.79 Å². The van der Waals surface area contributed by atoms with Crippen molar-refractivity contribution in [3.8, 4) is 6.07 Å². The average molecular weight is 182 g/mol. The molecule has 1 amide bonds. The maximum absolute atomic E-state index is 11.3. The van der Waals surface area contributed by atoms with Crippen molar-refractivity contribution in [3.05, 3.63) is 0 Å². The smallest absolute Gasteiger partial charge is 0.237 e. The molecule has 0 spiro atoms. The van der Waals surface area contributed by atoms with Crippen molar-refractivity contribution in [2.24, 2.45) is 0 Å². The van der Waals surface area contributed by atoms with Crippen LogP contribution in [-0.4, -0.2) is 34.6 Å². The fourth-order valence-corrected chi connectivity index (χ4v) is 1.60. The van der Waals surface area contributed by atoms with Gasteiger partial charge in [-0.05, 0) is 19.8 Å². The lowest BCUT2D eigenvalue weighted by Crippen LogP contribution is -2.47. The normalized spacial score (nSPS) is 28.2. The van der Waals surface area contributed by atoms with Gasteiger partial charge in [-0.2, -0.15) is 5.26 Å². The maximum atomic E-state index is 11.3. The zero-order valence-corrected chi connectivity index (χ0v) is 7.73. The Kier molecular flexibility index (Phi) is 3.26. The summed E-state index contributed by atoms with van der Waals surface area (Å²) in [7, 11) is 0. The van der Waals surface area contributed by atoms with Crippen molar-refractivity contribution in [3.63, 3.8) is 0 Å². The van der Waals surface area contributed by atoms with E-state index in [1.165, 1.54) is 0 Å². The van der Waals surface area contributed by atoms with Crippen LogP contribution in [0.4, 0.5) is 0 Å². The molecule has 1 N–H and O–H groups in total. The van der Waals surface area contributed by atoms with Crippen molar-refractivity contribution in [1.82, 2.24) is 4.90 Å². The summed E-state index contributed by atoms with van der Waals surface area (Å²) in [6.45, 7) is 2.32. The highest BCUT2D eigenvalue weighted by Gasteiger charge is 2.27. The fourth-order valence-electron chi connectivity index (χ4n) is 1.60. The number of nitriles is 1. The molecule has 2 atom stereocenters. The van der Waals surface area contributed by atoms with E-state index in [9.17, 15) is 9.90 Å². The number of carbonyl (C=O) groups is 1. The molecule has 1 aliphatic heterocycles. The lowest BCUT2D eigenvalue weighted by Gasteiger charge is -2.35. The van der Waals surface area contributed by atoms with Gasteiger partial charge in [-0.1, -0.05) is 0 Å². The molecule has 0 radical (unpaired) electrons. The molecule has 0 unspecified atom stereocenters. The third-order valence-corrected chi connectivity index (χ3v) is 2.41. The van der Waals surface area contributed by atoms with Gasteiger partial charge in [-0.25, -0.2) is 0 Å². The van der Waals surface area contributed by atoms with Gasteiger partial charge in [0, 0.05) is 12.6 Å². The summed E-state index contributed by atoms with van der Waals surface area (Å²) in [4.78, 5) is 12.9. The van der Waals surface area contributed by atoms with Crippen LogP contribution in [0.2, 0.25) is 0 Å². The van der Waals surface area contributed by atoms with Crippen molar-refractivity contribution in [2.75, 3.05) is 6.54 Å². The number of hydrogen-bond acceptors (Lipinski definition) is 3. The molecule has 4 heteroatoms. The van der Waals surface area contributed by atoms with Gasteiger partial charge in [0.2, 0.25) is 5.91 Å². The summed E-state index contributed by atoms with van der Waals surface area (Å²) in [5.41, 5.74) is 0. The second-order valence-corrected chi connectivity index (χ2v) is 3.46. The second-order valence-electron chi connectivity index (χ2n) is 3.46. The van der Waals surface area contributed by atoms with Gasteiger partial charge in [-0.15, -0.1) is 0 Å². The number of piperidine rings is 1. The third-order valence-electron chi connectivity index (χ3n) is 2.41. The summed E-state index contributed by atoms with van der Waals surface area (Å²) >= 11 is 0. The molecule has 1 heterocycles. The Balaban J connectivity index is 2.56. The zero-order valence-electron chi connectivity index (χ0n) is 7.73. The van der Waals surface area contributed by atoms with Crippen LogP contribution < -0.4 is 0 Å². The quantitative estimate of drug-likeness (QED) is 0.633. The van der Waals surface area contributed by atoms with E-state index in [4.69, 9.17) is 5.26 Å². The minimum Gasteiger partial charge on any atom is -0.391 e. The van der Waals surface area contributed by atoms with E-state index in [1.807, 2.05) is 13.0 Å². The number of rotatable bonds is 1. The first-order chi connectivity index (χ1) is 6.15. The molecule has 4 nitrogen and oxygen atoms in total. The van der Waals surface area contributed by atoms with Gasteiger partial charge in [-0.3, -0.25) is 4.79 Å². The van der Waals surface area contributed by atoms with Gasteiger partial charge in [0.05, 0.1) is 12.2 Å². The highest BCUT2D eigenvalue weighted by atomic mass is 16.3. The highest BCUT2D eigenvalue weighted by Crippen LogP contribution is 2.17. The molecule has 1 saturated heterocycles. The monoisotopic (exact) mass is 182 g/mol. The first-order valence-corrected chi connectivity index (χ1v) is 4.49. The van der Waals surface area contributed by atoms with E-state index in [0.29, 0.717) is 6.54 Å². The Bertz CT molecular complexity index is 234. The van der Waals surface area contributed by atoms with E-state index in [-0.39, 0.29) is 18.4 Å². The SMILES string of the molecule is C[C@@H]1CC[C@@H](O)CN1C(=O)CC#N. The van der Waals surface area contributed by atoms with E-state index in [0.717, 1.165) is 12.8 Å².